The zero-order chi connectivity index (χ0) is 14.5. The second kappa shape index (κ2) is 6.08. The van der Waals surface area contributed by atoms with Crippen LogP contribution in [0.1, 0.15) is 15.9 Å². The molecule has 0 fully saturated rings. The number of methoxy groups -OCH3 is 1. The number of amides is 1. The second-order valence-electron chi connectivity index (χ2n) is 4.15. The van der Waals surface area contributed by atoms with Gasteiger partial charge < -0.3 is 20.3 Å². The van der Waals surface area contributed by atoms with Crippen molar-refractivity contribution in [2.24, 2.45) is 0 Å². The average Bonchev–Trinajstić information content (AvgIpc) is 2.47. The van der Waals surface area contributed by atoms with Gasteiger partial charge in [0.15, 0.2) is 0 Å². The van der Waals surface area contributed by atoms with Gasteiger partial charge >= 0.3 is 0 Å². The maximum Gasteiger partial charge on any atom is 0.259 e. The zero-order valence-electron chi connectivity index (χ0n) is 11.0. The van der Waals surface area contributed by atoms with Crippen molar-refractivity contribution in [3.05, 3.63) is 53.6 Å². The van der Waals surface area contributed by atoms with Gasteiger partial charge in [0.1, 0.15) is 11.5 Å². The van der Waals surface area contributed by atoms with Crippen molar-refractivity contribution in [1.82, 2.24) is 0 Å². The normalized spacial score (nSPS) is 10.1. The number of phenols is 1. The summed E-state index contributed by atoms with van der Waals surface area (Å²) in [6.07, 6.45) is 0. The Morgan fingerprint density at radius 2 is 2.00 bits per heavy atom. The van der Waals surface area contributed by atoms with Crippen LogP contribution >= 0.6 is 0 Å². The molecule has 0 aromatic heterocycles. The molecule has 1 amide bonds. The Hall–Kier alpha value is -2.53. The molecular weight excluding hydrogens is 258 g/mol. The predicted octanol–water partition coefficient (Wildman–Crippen LogP) is 2.15. The highest BCUT2D eigenvalue weighted by Gasteiger charge is 2.13. The van der Waals surface area contributed by atoms with Crippen LogP contribution in [0.2, 0.25) is 0 Å². The lowest BCUT2D eigenvalue weighted by Gasteiger charge is -2.10. The third kappa shape index (κ3) is 2.89. The number of phenolic OH excluding ortho intramolecular Hbond substituents is 1. The SMILES string of the molecule is COc1ccc(C(=O)Nc2ccccc2CO)c(O)c1. The van der Waals surface area contributed by atoms with Gasteiger partial charge in [-0.15, -0.1) is 0 Å². The van der Waals surface area contributed by atoms with Crippen molar-refractivity contribution in [2.45, 2.75) is 6.61 Å². The largest absolute Gasteiger partial charge is 0.507 e. The molecule has 0 heterocycles. The molecule has 20 heavy (non-hydrogen) atoms. The van der Waals surface area contributed by atoms with Gasteiger partial charge in [0.25, 0.3) is 5.91 Å². The van der Waals surface area contributed by atoms with Gasteiger partial charge in [-0.1, -0.05) is 18.2 Å². The molecule has 104 valence electrons. The molecule has 0 aliphatic heterocycles. The van der Waals surface area contributed by atoms with E-state index in [0.717, 1.165) is 0 Å². The van der Waals surface area contributed by atoms with Gasteiger partial charge in [0.05, 0.1) is 19.3 Å². The Balaban J connectivity index is 2.24. The molecule has 0 saturated heterocycles. The first-order valence-electron chi connectivity index (χ1n) is 6.03. The highest BCUT2D eigenvalue weighted by Crippen LogP contribution is 2.25. The summed E-state index contributed by atoms with van der Waals surface area (Å²) in [5, 5.41) is 21.7. The van der Waals surface area contributed by atoms with Gasteiger partial charge in [-0.3, -0.25) is 4.79 Å². The molecule has 3 N–H and O–H groups in total. The van der Waals surface area contributed by atoms with Crippen LogP contribution in [-0.2, 0) is 6.61 Å². The summed E-state index contributed by atoms with van der Waals surface area (Å²) in [7, 11) is 1.48. The minimum Gasteiger partial charge on any atom is -0.507 e. The van der Waals surface area contributed by atoms with Crippen LogP contribution in [-0.4, -0.2) is 23.2 Å². The molecule has 0 bridgehead atoms. The third-order valence-corrected chi connectivity index (χ3v) is 2.89. The van der Waals surface area contributed by atoms with E-state index in [4.69, 9.17) is 4.74 Å². The molecule has 5 heteroatoms. The Morgan fingerprint density at radius 1 is 1.25 bits per heavy atom. The lowest BCUT2D eigenvalue weighted by molar-refractivity contribution is 0.102. The second-order valence-corrected chi connectivity index (χ2v) is 4.15. The number of hydrogen-bond acceptors (Lipinski definition) is 4. The van der Waals surface area contributed by atoms with Crippen molar-refractivity contribution in [2.75, 3.05) is 12.4 Å². The maximum absolute atomic E-state index is 12.1. The van der Waals surface area contributed by atoms with Gasteiger partial charge in [0, 0.05) is 17.3 Å². The maximum atomic E-state index is 12.1. The smallest absolute Gasteiger partial charge is 0.259 e. The summed E-state index contributed by atoms with van der Waals surface area (Å²) in [6.45, 7) is -0.176. The number of hydrogen-bond donors (Lipinski definition) is 3. The number of aliphatic hydroxyl groups is 1. The van der Waals surface area contributed by atoms with Gasteiger partial charge in [-0.05, 0) is 18.2 Å². The number of benzene rings is 2. The number of anilines is 1. The molecule has 0 atom stereocenters. The van der Waals surface area contributed by atoms with E-state index in [2.05, 4.69) is 5.32 Å². The first kappa shape index (κ1) is 13.9. The highest BCUT2D eigenvalue weighted by molar-refractivity contribution is 6.06. The molecule has 2 aromatic carbocycles. The quantitative estimate of drug-likeness (QED) is 0.797. The van der Waals surface area contributed by atoms with Crippen molar-refractivity contribution in [3.8, 4) is 11.5 Å². The van der Waals surface area contributed by atoms with Gasteiger partial charge in [-0.25, -0.2) is 0 Å². The number of ether oxygens (including phenoxy) is 1. The predicted molar refractivity (Wildman–Crippen MR) is 75.0 cm³/mol. The molecule has 0 unspecified atom stereocenters. The van der Waals surface area contributed by atoms with E-state index in [1.165, 1.54) is 19.2 Å². The van der Waals surface area contributed by atoms with E-state index < -0.39 is 5.91 Å². The fourth-order valence-corrected chi connectivity index (χ4v) is 1.80. The lowest BCUT2D eigenvalue weighted by atomic mass is 10.1. The van der Waals surface area contributed by atoms with E-state index >= 15 is 0 Å². The number of carbonyl (C=O) groups is 1. The monoisotopic (exact) mass is 273 g/mol. The Kier molecular flexibility index (Phi) is 4.22. The van der Waals surface area contributed by atoms with Crippen molar-refractivity contribution in [3.63, 3.8) is 0 Å². The molecule has 5 nitrogen and oxygen atoms in total. The van der Waals surface area contributed by atoms with Crippen molar-refractivity contribution >= 4 is 11.6 Å². The number of rotatable bonds is 4. The topological polar surface area (TPSA) is 78.8 Å². The molecule has 0 saturated carbocycles. The third-order valence-electron chi connectivity index (χ3n) is 2.89. The molecular formula is C15H15NO4. The lowest BCUT2D eigenvalue weighted by Crippen LogP contribution is -2.13. The molecule has 2 rings (SSSR count). The summed E-state index contributed by atoms with van der Waals surface area (Å²) >= 11 is 0. The number of carbonyl (C=O) groups excluding carboxylic acids is 1. The van der Waals surface area contributed by atoms with Crippen LogP contribution in [0.5, 0.6) is 11.5 Å². The van der Waals surface area contributed by atoms with Crippen LogP contribution in [0.3, 0.4) is 0 Å². The van der Waals surface area contributed by atoms with Crippen molar-refractivity contribution < 1.29 is 19.7 Å². The number of aromatic hydroxyl groups is 1. The average molecular weight is 273 g/mol. The van der Waals surface area contributed by atoms with Gasteiger partial charge in [0.2, 0.25) is 0 Å². The number of para-hydroxylation sites is 1. The summed E-state index contributed by atoms with van der Waals surface area (Å²) in [6, 6.07) is 11.4. The van der Waals surface area contributed by atoms with Crippen LogP contribution < -0.4 is 10.1 Å². The van der Waals surface area contributed by atoms with E-state index in [0.29, 0.717) is 17.0 Å². The number of aliphatic hydroxyl groups excluding tert-OH is 1. The Morgan fingerprint density at radius 3 is 2.65 bits per heavy atom. The fraction of sp³-hybridized carbons (Fsp3) is 0.133. The van der Waals surface area contributed by atoms with E-state index in [1.54, 1.807) is 30.3 Å². The highest BCUT2D eigenvalue weighted by atomic mass is 16.5. The summed E-state index contributed by atoms with van der Waals surface area (Å²) in [5.74, 6) is -0.149. The Bertz CT molecular complexity index is 625. The Labute approximate surface area is 116 Å². The van der Waals surface area contributed by atoms with Crippen LogP contribution in [0, 0.1) is 0 Å². The first-order chi connectivity index (χ1) is 9.65. The van der Waals surface area contributed by atoms with Crippen LogP contribution in [0.15, 0.2) is 42.5 Å². The minimum atomic E-state index is -0.453. The van der Waals surface area contributed by atoms with Crippen LogP contribution in [0.4, 0.5) is 5.69 Å². The first-order valence-corrected chi connectivity index (χ1v) is 6.03. The minimum absolute atomic E-state index is 0.138. The zero-order valence-corrected chi connectivity index (χ0v) is 11.0. The molecule has 0 aliphatic rings. The van der Waals surface area contributed by atoms with Crippen LogP contribution in [0.25, 0.3) is 0 Å². The van der Waals surface area contributed by atoms with Crippen molar-refractivity contribution in [1.29, 1.82) is 0 Å². The summed E-state index contributed by atoms with van der Waals surface area (Å²) in [4.78, 5) is 12.1. The molecule has 0 radical (unpaired) electrons. The summed E-state index contributed by atoms with van der Waals surface area (Å²) < 4.78 is 4.96. The standard InChI is InChI=1S/C15H15NO4/c1-20-11-6-7-12(14(18)8-11)15(19)16-13-5-3-2-4-10(13)9-17/h2-8,17-18H,9H2,1H3,(H,16,19). The fourth-order valence-electron chi connectivity index (χ4n) is 1.80. The van der Waals surface area contributed by atoms with E-state index in [1.807, 2.05) is 0 Å². The van der Waals surface area contributed by atoms with E-state index in [-0.39, 0.29) is 17.9 Å². The number of nitrogens with one attached hydrogen (secondary N) is 1. The molecule has 0 spiro atoms. The van der Waals surface area contributed by atoms with E-state index in [9.17, 15) is 15.0 Å². The summed E-state index contributed by atoms with van der Waals surface area (Å²) in [5.41, 5.74) is 1.25. The molecule has 0 aliphatic carbocycles. The van der Waals surface area contributed by atoms with Gasteiger partial charge in [-0.2, -0.15) is 0 Å². The molecule has 2 aromatic rings.